The molecule has 0 bridgehead atoms. The van der Waals surface area contributed by atoms with Gasteiger partial charge >= 0.3 is 0 Å². The Hall–Kier alpha value is -1.06. The molecule has 0 amide bonds. The second kappa shape index (κ2) is 5.87. The average molecular weight is 248 g/mol. The van der Waals surface area contributed by atoms with Crippen LogP contribution in [0.2, 0.25) is 0 Å². The molecule has 1 nitrogen and oxygen atoms in total. The molecule has 2 aromatic rings. The predicted octanol–water partition coefficient (Wildman–Crippen LogP) is 3.64. The van der Waals surface area contributed by atoms with Crippen molar-refractivity contribution in [1.82, 2.24) is 0 Å². The zero-order valence-electron chi connectivity index (χ0n) is 8.71. The van der Waals surface area contributed by atoms with Crippen molar-refractivity contribution in [2.45, 2.75) is 10.6 Å². The SMILES string of the molecule is O=S(SCc1ccccc1)c1ccccc1. The summed E-state index contributed by atoms with van der Waals surface area (Å²) < 4.78 is 11.9. The first kappa shape index (κ1) is 11.4. The lowest BCUT2D eigenvalue weighted by molar-refractivity contribution is 0.691. The molecule has 16 heavy (non-hydrogen) atoms. The Labute approximate surface area is 102 Å². The topological polar surface area (TPSA) is 17.1 Å². The van der Waals surface area contributed by atoms with E-state index in [0.29, 0.717) is 0 Å². The van der Waals surface area contributed by atoms with E-state index in [4.69, 9.17) is 0 Å². The third kappa shape index (κ3) is 3.22. The molecule has 0 saturated carbocycles. The van der Waals surface area contributed by atoms with Crippen molar-refractivity contribution in [1.29, 1.82) is 0 Å². The van der Waals surface area contributed by atoms with E-state index in [1.54, 1.807) is 0 Å². The molecule has 0 heterocycles. The third-order valence-electron chi connectivity index (χ3n) is 2.11. The first-order valence-electron chi connectivity index (χ1n) is 5.00. The number of hydrogen-bond donors (Lipinski definition) is 0. The Morgan fingerprint density at radius 3 is 2.06 bits per heavy atom. The molecular formula is C13H12OS2. The van der Waals surface area contributed by atoms with Gasteiger partial charge in [0.05, 0.1) is 0 Å². The molecule has 2 aromatic carbocycles. The van der Waals surface area contributed by atoms with Gasteiger partial charge in [0.15, 0.2) is 0 Å². The van der Waals surface area contributed by atoms with Crippen LogP contribution in [0.4, 0.5) is 0 Å². The van der Waals surface area contributed by atoms with E-state index < -0.39 is 9.83 Å². The van der Waals surface area contributed by atoms with Crippen LogP contribution in [0.1, 0.15) is 5.56 Å². The second-order valence-electron chi connectivity index (χ2n) is 3.30. The van der Waals surface area contributed by atoms with Gasteiger partial charge in [-0.25, -0.2) is 4.21 Å². The highest BCUT2D eigenvalue weighted by Gasteiger charge is 2.03. The summed E-state index contributed by atoms with van der Waals surface area (Å²) >= 11 is 0. The van der Waals surface area contributed by atoms with Gasteiger partial charge in [-0.3, -0.25) is 0 Å². The molecule has 0 N–H and O–H groups in total. The Morgan fingerprint density at radius 2 is 1.44 bits per heavy atom. The van der Waals surface area contributed by atoms with Crippen LogP contribution in [-0.4, -0.2) is 4.21 Å². The third-order valence-corrected chi connectivity index (χ3v) is 5.01. The maximum absolute atomic E-state index is 11.9. The maximum Gasteiger partial charge on any atom is 0.113 e. The van der Waals surface area contributed by atoms with Gasteiger partial charge in [-0.1, -0.05) is 59.3 Å². The fraction of sp³-hybridized carbons (Fsp3) is 0.0769. The van der Waals surface area contributed by atoms with E-state index in [9.17, 15) is 4.21 Å². The molecule has 2 rings (SSSR count). The van der Waals surface area contributed by atoms with Crippen molar-refractivity contribution in [3.8, 4) is 0 Å². The standard InChI is InChI=1S/C13H12OS2/c14-16(13-9-5-2-6-10-13)15-11-12-7-3-1-4-8-12/h1-10H,11H2. The van der Waals surface area contributed by atoms with Gasteiger partial charge < -0.3 is 0 Å². The summed E-state index contributed by atoms with van der Waals surface area (Å²) in [7, 11) is 0.488. The van der Waals surface area contributed by atoms with Gasteiger partial charge in [0.2, 0.25) is 0 Å². The van der Waals surface area contributed by atoms with Gasteiger partial charge in [0.25, 0.3) is 0 Å². The smallest absolute Gasteiger partial charge is 0.113 e. The summed E-state index contributed by atoms with van der Waals surface area (Å²) in [5, 5.41) is 0. The number of benzene rings is 2. The minimum Gasteiger partial charge on any atom is -0.243 e. The molecule has 82 valence electrons. The van der Waals surface area contributed by atoms with Crippen LogP contribution >= 0.6 is 10.8 Å². The minimum absolute atomic E-state index is 0.780. The summed E-state index contributed by atoms with van der Waals surface area (Å²) in [6.07, 6.45) is 0. The fourth-order valence-electron chi connectivity index (χ4n) is 1.30. The van der Waals surface area contributed by atoms with Crippen LogP contribution in [0, 0.1) is 0 Å². The average Bonchev–Trinajstić information content (AvgIpc) is 2.38. The molecule has 1 atom stereocenters. The summed E-state index contributed by atoms with van der Waals surface area (Å²) in [4.78, 5) is 0.878. The molecule has 0 aromatic heterocycles. The van der Waals surface area contributed by atoms with E-state index in [1.165, 1.54) is 16.4 Å². The lowest BCUT2D eigenvalue weighted by Crippen LogP contribution is -1.86. The Morgan fingerprint density at radius 1 is 0.875 bits per heavy atom. The zero-order chi connectivity index (χ0) is 11.2. The van der Waals surface area contributed by atoms with Crippen molar-refractivity contribution < 1.29 is 4.21 Å². The van der Waals surface area contributed by atoms with Crippen molar-refractivity contribution in [3.05, 3.63) is 66.2 Å². The van der Waals surface area contributed by atoms with E-state index in [-0.39, 0.29) is 0 Å². The number of hydrogen-bond acceptors (Lipinski definition) is 2. The van der Waals surface area contributed by atoms with Crippen LogP contribution in [0.5, 0.6) is 0 Å². The van der Waals surface area contributed by atoms with E-state index in [2.05, 4.69) is 12.1 Å². The summed E-state index contributed by atoms with van der Waals surface area (Å²) in [5.41, 5.74) is 1.21. The lowest BCUT2D eigenvalue weighted by Gasteiger charge is -2.01. The van der Waals surface area contributed by atoms with Crippen LogP contribution in [0.3, 0.4) is 0 Å². The Balaban J connectivity index is 1.95. The van der Waals surface area contributed by atoms with Crippen molar-refractivity contribution in [2.75, 3.05) is 0 Å². The monoisotopic (exact) mass is 248 g/mol. The summed E-state index contributed by atoms with van der Waals surface area (Å²) in [6.45, 7) is 0. The highest BCUT2D eigenvalue weighted by atomic mass is 33.1. The highest BCUT2D eigenvalue weighted by Crippen LogP contribution is 2.21. The molecule has 0 aliphatic rings. The van der Waals surface area contributed by atoms with Gasteiger partial charge in [-0.2, -0.15) is 0 Å². The first-order valence-corrected chi connectivity index (χ1v) is 7.65. The largest absolute Gasteiger partial charge is 0.243 e. The molecule has 0 saturated heterocycles. The molecule has 0 aliphatic carbocycles. The fourth-order valence-corrected chi connectivity index (χ4v) is 3.72. The predicted molar refractivity (Wildman–Crippen MR) is 70.6 cm³/mol. The number of rotatable bonds is 4. The molecule has 0 fully saturated rings. The molecule has 0 spiro atoms. The first-order chi connectivity index (χ1) is 7.86. The van der Waals surface area contributed by atoms with Gasteiger partial charge in [-0.05, 0) is 17.7 Å². The van der Waals surface area contributed by atoms with Gasteiger partial charge in [0.1, 0.15) is 9.83 Å². The van der Waals surface area contributed by atoms with Crippen LogP contribution < -0.4 is 0 Å². The second-order valence-corrected chi connectivity index (χ2v) is 6.38. The maximum atomic E-state index is 11.9. The Kier molecular flexibility index (Phi) is 4.19. The minimum atomic E-state index is -0.967. The quantitative estimate of drug-likeness (QED) is 0.768. The van der Waals surface area contributed by atoms with Crippen molar-refractivity contribution >= 4 is 20.6 Å². The van der Waals surface area contributed by atoms with E-state index >= 15 is 0 Å². The lowest BCUT2D eigenvalue weighted by atomic mass is 10.2. The zero-order valence-corrected chi connectivity index (χ0v) is 10.3. The van der Waals surface area contributed by atoms with E-state index in [0.717, 1.165) is 10.6 Å². The highest BCUT2D eigenvalue weighted by molar-refractivity contribution is 8.68. The summed E-state index contributed by atoms with van der Waals surface area (Å²) in [6, 6.07) is 19.6. The normalized spacial score (nSPS) is 12.2. The van der Waals surface area contributed by atoms with Crippen molar-refractivity contribution in [2.24, 2.45) is 0 Å². The Bertz CT molecular complexity index is 454. The van der Waals surface area contributed by atoms with Crippen LogP contribution in [0.15, 0.2) is 65.6 Å². The van der Waals surface area contributed by atoms with Crippen molar-refractivity contribution in [3.63, 3.8) is 0 Å². The van der Waals surface area contributed by atoms with Gasteiger partial charge in [-0.15, -0.1) is 0 Å². The molecule has 0 aliphatic heterocycles. The van der Waals surface area contributed by atoms with Gasteiger partial charge in [0, 0.05) is 10.6 Å². The molecule has 3 heteroatoms. The molecular weight excluding hydrogens is 236 g/mol. The molecule has 1 unspecified atom stereocenters. The summed E-state index contributed by atoms with van der Waals surface area (Å²) in [5.74, 6) is 0.780. The van der Waals surface area contributed by atoms with Crippen LogP contribution in [0.25, 0.3) is 0 Å². The van der Waals surface area contributed by atoms with E-state index in [1.807, 2.05) is 48.5 Å². The molecule has 0 radical (unpaired) electrons. The van der Waals surface area contributed by atoms with Crippen LogP contribution in [-0.2, 0) is 15.6 Å².